The van der Waals surface area contributed by atoms with Crippen LogP contribution in [-0.4, -0.2) is 24.9 Å². The van der Waals surface area contributed by atoms with Crippen LogP contribution in [-0.2, 0) is 0 Å². The summed E-state index contributed by atoms with van der Waals surface area (Å²) in [4.78, 5) is 21.5. The lowest BCUT2D eigenvalue weighted by atomic mass is 10.1. The summed E-state index contributed by atoms with van der Waals surface area (Å²) in [5.41, 5.74) is 2.26. The minimum atomic E-state index is -0.298. The van der Waals surface area contributed by atoms with Crippen molar-refractivity contribution in [3.05, 3.63) is 79.1 Å². The summed E-state index contributed by atoms with van der Waals surface area (Å²) in [5.74, 6) is 1.19. The van der Waals surface area contributed by atoms with Crippen LogP contribution in [0, 0.1) is 5.82 Å². The van der Waals surface area contributed by atoms with E-state index in [9.17, 15) is 4.39 Å². The Labute approximate surface area is 148 Å². The van der Waals surface area contributed by atoms with Crippen molar-refractivity contribution in [2.24, 2.45) is 0 Å². The fraction of sp³-hybridized carbons (Fsp3) is 0. The number of aromatic nitrogens is 5. The van der Waals surface area contributed by atoms with Gasteiger partial charge in [0.25, 0.3) is 0 Å². The summed E-state index contributed by atoms with van der Waals surface area (Å²) in [6, 6.07) is 13.3. The largest absolute Gasteiger partial charge is 0.309 e. The lowest BCUT2D eigenvalue weighted by Gasteiger charge is -2.09. The van der Waals surface area contributed by atoms with Gasteiger partial charge in [-0.3, -0.25) is 4.98 Å². The highest BCUT2D eigenvalue weighted by atomic mass is 19.1. The van der Waals surface area contributed by atoms with Crippen molar-refractivity contribution in [2.45, 2.75) is 0 Å². The highest BCUT2D eigenvalue weighted by Gasteiger charge is 2.10. The third-order valence-corrected chi connectivity index (χ3v) is 3.61. The van der Waals surface area contributed by atoms with Gasteiger partial charge >= 0.3 is 0 Å². The molecule has 0 fully saturated rings. The number of pyridine rings is 1. The summed E-state index contributed by atoms with van der Waals surface area (Å²) in [6.45, 7) is 0. The number of nitrogens with one attached hydrogen (secondary N) is 1. The highest BCUT2D eigenvalue weighted by molar-refractivity contribution is 5.68. The van der Waals surface area contributed by atoms with Crippen LogP contribution >= 0.6 is 0 Å². The van der Waals surface area contributed by atoms with Crippen molar-refractivity contribution in [3.63, 3.8) is 0 Å². The summed E-state index contributed by atoms with van der Waals surface area (Å²) in [6.07, 6.45) is 6.63. The third kappa shape index (κ3) is 3.51. The molecule has 3 heterocycles. The summed E-state index contributed by atoms with van der Waals surface area (Å²) < 4.78 is 13.2. The molecule has 7 heteroatoms. The Hall–Kier alpha value is -3.74. The minimum absolute atomic E-state index is 0.298. The van der Waals surface area contributed by atoms with Gasteiger partial charge in [-0.25, -0.2) is 24.3 Å². The molecule has 0 radical (unpaired) electrons. The van der Waals surface area contributed by atoms with Crippen LogP contribution in [0.5, 0.6) is 0 Å². The maximum absolute atomic E-state index is 13.2. The first-order chi connectivity index (χ1) is 12.8. The summed E-state index contributed by atoms with van der Waals surface area (Å²) in [7, 11) is 0. The van der Waals surface area contributed by atoms with Crippen molar-refractivity contribution in [3.8, 4) is 22.6 Å². The second kappa shape index (κ2) is 7.02. The van der Waals surface area contributed by atoms with Crippen LogP contribution in [0.4, 0.5) is 16.2 Å². The Balaban J connectivity index is 1.80. The fourth-order valence-corrected chi connectivity index (χ4v) is 2.39. The predicted molar refractivity (Wildman–Crippen MR) is 96.0 cm³/mol. The zero-order valence-electron chi connectivity index (χ0n) is 13.5. The number of nitrogens with zero attached hydrogens (tertiary/aromatic N) is 5. The van der Waals surface area contributed by atoms with Gasteiger partial charge in [-0.2, -0.15) is 0 Å². The van der Waals surface area contributed by atoms with Crippen molar-refractivity contribution in [1.29, 1.82) is 0 Å². The van der Waals surface area contributed by atoms with E-state index in [-0.39, 0.29) is 5.82 Å². The summed E-state index contributed by atoms with van der Waals surface area (Å²) >= 11 is 0. The van der Waals surface area contributed by atoms with Crippen LogP contribution in [0.1, 0.15) is 0 Å². The molecular weight excluding hydrogens is 331 g/mol. The lowest BCUT2D eigenvalue weighted by Crippen LogP contribution is -2.01. The first kappa shape index (κ1) is 15.8. The zero-order chi connectivity index (χ0) is 17.8. The van der Waals surface area contributed by atoms with Crippen LogP contribution in [0.2, 0.25) is 0 Å². The molecule has 0 spiro atoms. The topological polar surface area (TPSA) is 76.5 Å². The Bertz CT molecular complexity index is 1010. The SMILES string of the molecule is Fc1ccc(-c2cc(Nc3ncccn3)nc(-c3ccncc3)n2)cc1. The molecule has 4 rings (SSSR count). The molecule has 0 saturated carbocycles. The molecule has 0 aliphatic rings. The number of rotatable bonds is 4. The monoisotopic (exact) mass is 344 g/mol. The van der Waals surface area contributed by atoms with E-state index in [0.717, 1.165) is 11.1 Å². The molecule has 1 aromatic carbocycles. The molecular formula is C19H13FN6. The van der Waals surface area contributed by atoms with E-state index in [1.165, 1.54) is 12.1 Å². The first-order valence-corrected chi connectivity index (χ1v) is 7.87. The normalized spacial score (nSPS) is 10.5. The standard InChI is InChI=1S/C19H13FN6/c20-15-4-2-13(3-5-15)16-12-17(26-19-22-8-1-9-23-19)25-18(24-16)14-6-10-21-11-7-14/h1-12H,(H,22,23,24,25,26). The second-order valence-electron chi connectivity index (χ2n) is 5.40. The number of halogens is 1. The maximum atomic E-state index is 13.2. The van der Waals surface area contributed by atoms with E-state index in [2.05, 4.69) is 30.2 Å². The Morgan fingerprint density at radius 2 is 1.50 bits per heavy atom. The molecule has 1 N–H and O–H groups in total. The molecule has 0 amide bonds. The van der Waals surface area contributed by atoms with E-state index in [1.54, 1.807) is 49.1 Å². The van der Waals surface area contributed by atoms with Crippen molar-refractivity contribution < 1.29 is 4.39 Å². The van der Waals surface area contributed by atoms with Crippen LogP contribution in [0.15, 0.2) is 73.3 Å². The lowest BCUT2D eigenvalue weighted by molar-refractivity contribution is 0.628. The molecule has 0 bridgehead atoms. The van der Waals surface area contributed by atoms with Gasteiger partial charge in [0.1, 0.15) is 11.6 Å². The maximum Gasteiger partial charge on any atom is 0.228 e. The van der Waals surface area contributed by atoms with Crippen LogP contribution in [0.3, 0.4) is 0 Å². The number of hydrogen-bond acceptors (Lipinski definition) is 6. The quantitative estimate of drug-likeness (QED) is 0.605. The summed E-state index contributed by atoms with van der Waals surface area (Å²) in [5, 5.41) is 3.07. The number of hydrogen-bond donors (Lipinski definition) is 1. The van der Waals surface area contributed by atoms with Gasteiger partial charge in [-0.15, -0.1) is 0 Å². The zero-order valence-corrected chi connectivity index (χ0v) is 13.5. The smallest absolute Gasteiger partial charge is 0.228 e. The van der Waals surface area contributed by atoms with Gasteiger partial charge in [0.2, 0.25) is 5.95 Å². The van der Waals surface area contributed by atoms with E-state index < -0.39 is 0 Å². The molecule has 0 aliphatic heterocycles. The predicted octanol–water partition coefficient (Wildman–Crippen LogP) is 3.88. The van der Waals surface area contributed by atoms with E-state index in [4.69, 9.17) is 0 Å². The first-order valence-electron chi connectivity index (χ1n) is 7.87. The third-order valence-electron chi connectivity index (χ3n) is 3.61. The fourth-order valence-electron chi connectivity index (χ4n) is 2.39. The Morgan fingerprint density at radius 1 is 0.769 bits per heavy atom. The highest BCUT2D eigenvalue weighted by Crippen LogP contribution is 2.25. The van der Waals surface area contributed by atoms with E-state index >= 15 is 0 Å². The van der Waals surface area contributed by atoms with Gasteiger partial charge in [0, 0.05) is 42.0 Å². The minimum Gasteiger partial charge on any atom is -0.309 e. The van der Waals surface area contributed by atoms with Crippen LogP contribution < -0.4 is 5.32 Å². The van der Waals surface area contributed by atoms with Crippen molar-refractivity contribution in [2.75, 3.05) is 5.32 Å². The molecule has 0 atom stereocenters. The average molecular weight is 344 g/mol. The number of benzene rings is 1. The molecule has 0 unspecified atom stereocenters. The molecule has 3 aromatic heterocycles. The van der Waals surface area contributed by atoms with E-state index in [0.29, 0.717) is 23.3 Å². The average Bonchev–Trinajstić information content (AvgIpc) is 2.70. The van der Waals surface area contributed by atoms with E-state index in [1.807, 2.05) is 12.1 Å². The molecule has 0 saturated heterocycles. The second-order valence-corrected chi connectivity index (χ2v) is 5.40. The van der Waals surface area contributed by atoms with Gasteiger partial charge in [-0.1, -0.05) is 0 Å². The van der Waals surface area contributed by atoms with Crippen molar-refractivity contribution in [1.82, 2.24) is 24.9 Å². The van der Waals surface area contributed by atoms with Crippen molar-refractivity contribution >= 4 is 11.8 Å². The molecule has 6 nitrogen and oxygen atoms in total. The number of anilines is 2. The van der Waals surface area contributed by atoms with Gasteiger partial charge in [0.15, 0.2) is 5.82 Å². The van der Waals surface area contributed by atoms with Crippen LogP contribution in [0.25, 0.3) is 22.6 Å². The Kier molecular flexibility index (Phi) is 4.26. The van der Waals surface area contributed by atoms with Gasteiger partial charge in [0.05, 0.1) is 5.69 Å². The van der Waals surface area contributed by atoms with Gasteiger partial charge < -0.3 is 5.32 Å². The molecule has 26 heavy (non-hydrogen) atoms. The van der Waals surface area contributed by atoms with Gasteiger partial charge in [-0.05, 0) is 42.5 Å². The molecule has 0 aliphatic carbocycles. The molecule has 4 aromatic rings. The Morgan fingerprint density at radius 3 is 2.23 bits per heavy atom. The molecule has 126 valence electrons.